The molecular formula is C21H27F2N3O. The van der Waals surface area contributed by atoms with Gasteiger partial charge in [-0.3, -0.25) is 4.79 Å². The second-order valence-corrected chi connectivity index (χ2v) is 9.44. The first-order chi connectivity index (χ1) is 12.9. The second-order valence-electron chi connectivity index (χ2n) is 9.44. The highest BCUT2D eigenvalue weighted by Gasteiger charge is 2.49. The van der Waals surface area contributed by atoms with Crippen LogP contribution in [-0.4, -0.2) is 27.8 Å². The van der Waals surface area contributed by atoms with Gasteiger partial charge in [-0.2, -0.15) is 0 Å². The van der Waals surface area contributed by atoms with Gasteiger partial charge in [-0.1, -0.05) is 0 Å². The van der Waals surface area contributed by atoms with Crippen molar-refractivity contribution >= 4 is 5.91 Å². The molecule has 5 aliphatic carbocycles. The number of amides is 1. The van der Waals surface area contributed by atoms with Gasteiger partial charge in [0.2, 0.25) is 5.92 Å². The Hall–Kier alpha value is -1.59. The molecule has 4 bridgehead atoms. The molecule has 6 rings (SSSR count). The predicted molar refractivity (Wildman–Crippen MR) is 96.6 cm³/mol. The maximum absolute atomic E-state index is 13.7. The van der Waals surface area contributed by atoms with Crippen LogP contribution in [0.1, 0.15) is 79.2 Å². The molecule has 6 heteroatoms. The Morgan fingerprint density at radius 2 is 1.81 bits per heavy atom. The fourth-order valence-electron chi connectivity index (χ4n) is 6.55. The van der Waals surface area contributed by atoms with Gasteiger partial charge in [0, 0.05) is 31.0 Å². The predicted octanol–water partition coefficient (Wildman–Crippen LogP) is 4.24. The van der Waals surface area contributed by atoms with Gasteiger partial charge < -0.3 is 5.32 Å². The Morgan fingerprint density at radius 1 is 1.15 bits per heavy atom. The van der Waals surface area contributed by atoms with Gasteiger partial charge in [0.05, 0.1) is 11.3 Å². The summed E-state index contributed by atoms with van der Waals surface area (Å²) in [5.41, 5.74) is 0.915. The Labute approximate surface area is 158 Å². The normalized spacial score (nSPS) is 38.9. The summed E-state index contributed by atoms with van der Waals surface area (Å²) in [6.45, 7) is 1.75. The number of alkyl halides is 2. The Kier molecular flexibility index (Phi) is 4.03. The molecule has 5 aliphatic rings. The highest BCUT2D eigenvalue weighted by molar-refractivity contribution is 5.95. The zero-order valence-corrected chi connectivity index (χ0v) is 15.8. The van der Waals surface area contributed by atoms with Crippen LogP contribution in [0, 0.1) is 30.6 Å². The molecular weight excluding hydrogens is 348 g/mol. The topological polar surface area (TPSA) is 54.9 Å². The lowest BCUT2D eigenvalue weighted by Gasteiger charge is -2.54. The third-order valence-corrected chi connectivity index (χ3v) is 7.50. The molecule has 0 aromatic carbocycles. The molecule has 146 valence electrons. The summed E-state index contributed by atoms with van der Waals surface area (Å²) in [7, 11) is 0. The third kappa shape index (κ3) is 3.15. The summed E-state index contributed by atoms with van der Waals surface area (Å²) in [6.07, 6.45) is 7.85. The van der Waals surface area contributed by atoms with E-state index in [1.807, 2.05) is 0 Å². The van der Waals surface area contributed by atoms with E-state index in [1.165, 1.54) is 32.1 Å². The highest BCUT2D eigenvalue weighted by atomic mass is 19.3. The molecule has 1 heterocycles. The van der Waals surface area contributed by atoms with Crippen molar-refractivity contribution in [3.8, 4) is 0 Å². The summed E-state index contributed by atoms with van der Waals surface area (Å²) in [4.78, 5) is 21.7. The second kappa shape index (κ2) is 6.21. The molecule has 1 aromatic rings. The van der Waals surface area contributed by atoms with Gasteiger partial charge in [-0.25, -0.2) is 18.7 Å². The number of nitrogens with one attached hydrogen (secondary N) is 1. The molecule has 1 atom stereocenters. The van der Waals surface area contributed by atoms with Crippen molar-refractivity contribution < 1.29 is 13.6 Å². The van der Waals surface area contributed by atoms with E-state index in [1.54, 1.807) is 13.1 Å². The van der Waals surface area contributed by atoms with Crippen LogP contribution in [-0.2, 0) is 0 Å². The standard InChI is InChI=1S/C21H27F2N3O/c1-11-24-10-17(19(25-11)14-2-3-21(22,23)9-14)20(27)26-18-15-5-12-4-13(7-15)8-16(18)6-12/h10,12-16,18H,2-9H2,1H3,(H,26,27). The van der Waals surface area contributed by atoms with E-state index >= 15 is 0 Å². The first-order valence-corrected chi connectivity index (χ1v) is 10.4. The number of halogens is 2. The zero-order chi connectivity index (χ0) is 18.8. The highest BCUT2D eigenvalue weighted by Crippen LogP contribution is 2.53. The number of nitrogens with zero attached hydrogens (tertiary/aromatic N) is 2. The molecule has 0 saturated heterocycles. The van der Waals surface area contributed by atoms with E-state index in [9.17, 15) is 13.6 Å². The lowest BCUT2D eigenvalue weighted by molar-refractivity contribution is -0.0120. The molecule has 0 aliphatic heterocycles. The van der Waals surface area contributed by atoms with E-state index in [0.717, 1.165) is 11.8 Å². The summed E-state index contributed by atoms with van der Waals surface area (Å²) in [5, 5.41) is 3.28. The van der Waals surface area contributed by atoms with Gasteiger partial charge >= 0.3 is 0 Å². The first kappa shape index (κ1) is 17.5. The van der Waals surface area contributed by atoms with Crippen LogP contribution >= 0.6 is 0 Å². The first-order valence-electron chi connectivity index (χ1n) is 10.4. The average Bonchev–Trinajstić information content (AvgIpc) is 2.97. The van der Waals surface area contributed by atoms with Crippen LogP contribution in [0.2, 0.25) is 0 Å². The van der Waals surface area contributed by atoms with Crippen molar-refractivity contribution in [2.75, 3.05) is 0 Å². The fraction of sp³-hybridized carbons (Fsp3) is 0.762. The number of hydrogen-bond acceptors (Lipinski definition) is 3. The van der Waals surface area contributed by atoms with Crippen molar-refractivity contribution in [1.29, 1.82) is 0 Å². The summed E-state index contributed by atoms with van der Waals surface area (Å²) in [6, 6.07) is 0.226. The van der Waals surface area contributed by atoms with Gasteiger partial charge in [-0.15, -0.1) is 0 Å². The summed E-state index contributed by atoms with van der Waals surface area (Å²) >= 11 is 0. The van der Waals surface area contributed by atoms with E-state index < -0.39 is 5.92 Å². The van der Waals surface area contributed by atoms with Crippen LogP contribution in [0.3, 0.4) is 0 Å². The van der Waals surface area contributed by atoms with E-state index in [0.29, 0.717) is 35.3 Å². The Balaban J connectivity index is 1.38. The van der Waals surface area contributed by atoms with Crippen LogP contribution < -0.4 is 5.32 Å². The summed E-state index contributed by atoms with van der Waals surface area (Å²) < 4.78 is 27.5. The molecule has 5 saturated carbocycles. The van der Waals surface area contributed by atoms with Gasteiger partial charge in [0.15, 0.2) is 0 Å². The Bertz CT molecular complexity index is 738. The number of aromatic nitrogens is 2. The van der Waals surface area contributed by atoms with Crippen molar-refractivity contribution in [3.63, 3.8) is 0 Å². The molecule has 0 radical (unpaired) electrons. The number of aryl methyl sites for hydroxylation is 1. The molecule has 1 amide bonds. The largest absolute Gasteiger partial charge is 0.349 e. The third-order valence-electron chi connectivity index (χ3n) is 7.50. The minimum Gasteiger partial charge on any atom is -0.349 e. The SMILES string of the molecule is Cc1ncc(C(=O)NC2C3CC4CC(C3)CC2C4)c(C2CCC(F)(F)C2)n1. The zero-order valence-electron chi connectivity index (χ0n) is 15.8. The lowest BCUT2D eigenvalue weighted by Crippen LogP contribution is -2.55. The van der Waals surface area contributed by atoms with Crippen LogP contribution in [0.4, 0.5) is 8.78 Å². The minimum atomic E-state index is -2.65. The number of rotatable bonds is 3. The van der Waals surface area contributed by atoms with Crippen molar-refractivity contribution in [2.45, 2.75) is 76.2 Å². The quantitative estimate of drug-likeness (QED) is 0.860. The lowest BCUT2D eigenvalue weighted by atomic mass is 9.54. The fourth-order valence-corrected chi connectivity index (χ4v) is 6.55. The molecule has 1 unspecified atom stereocenters. The summed E-state index contributed by atoms with van der Waals surface area (Å²) in [5.74, 6) is 0.203. The van der Waals surface area contributed by atoms with Crippen LogP contribution in [0.25, 0.3) is 0 Å². The van der Waals surface area contributed by atoms with Gasteiger partial charge in [0.1, 0.15) is 5.82 Å². The molecule has 1 aromatic heterocycles. The maximum Gasteiger partial charge on any atom is 0.254 e. The molecule has 4 nitrogen and oxygen atoms in total. The smallest absolute Gasteiger partial charge is 0.254 e. The number of carbonyl (C=O) groups is 1. The number of carbonyl (C=O) groups excluding carboxylic acids is 1. The monoisotopic (exact) mass is 375 g/mol. The van der Waals surface area contributed by atoms with E-state index in [-0.39, 0.29) is 30.7 Å². The van der Waals surface area contributed by atoms with Crippen molar-refractivity contribution in [3.05, 3.63) is 23.3 Å². The molecule has 0 spiro atoms. The maximum atomic E-state index is 13.7. The average molecular weight is 375 g/mol. The van der Waals surface area contributed by atoms with Crippen LogP contribution in [0.5, 0.6) is 0 Å². The van der Waals surface area contributed by atoms with E-state index in [2.05, 4.69) is 15.3 Å². The van der Waals surface area contributed by atoms with Crippen molar-refractivity contribution in [1.82, 2.24) is 15.3 Å². The van der Waals surface area contributed by atoms with Gasteiger partial charge in [0.25, 0.3) is 5.91 Å². The molecule has 1 N–H and O–H groups in total. The minimum absolute atomic E-state index is 0.128. The molecule has 27 heavy (non-hydrogen) atoms. The molecule has 5 fully saturated rings. The number of hydrogen-bond donors (Lipinski definition) is 1. The van der Waals surface area contributed by atoms with Gasteiger partial charge in [-0.05, 0) is 69.1 Å². The van der Waals surface area contributed by atoms with Crippen molar-refractivity contribution in [2.24, 2.45) is 23.7 Å². The Morgan fingerprint density at radius 3 is 2.41 bits per heavy atom. The van der Waals surface area contributed by atoms with E-state index in [4.69, 9.17) is 0 Å². The van der Waals surface area contributed by atoms with Crippen LogP contribution in [0.15, 0.2) is 6.20 Å².